The Morgan fingerprint density at radius 2 is 2.05 bits per heavy atom. The molecule has 0 spiro atoms. The fraction of sp³-hybridized carbons (Fsp3) is 0.643. The lowest BCUT2D eigenvalue weighted by molar-refractivity contribution is -0.123. The van der Waals surface area contributed by atoms with E-state index < -0.39 is 0 Å². The Balaban J connectivity index is 2.24. The number of aromatic nitrogens is 1. The van der Waals surface area contributed by atoms with Gasteiger partial charge in [-0.2, -0.15) is 0 Å². The normalized spacial score (nSPS) is 11.6. The standard InChI is InChI=1S/C14H25N5OS/c1-5-11-8-18-12(21-11)9-19-14(15-4)17-7-6-16-13(20)10(2)3/h8,10H,5-7,9H2,1-4H3,(H,16,20)(H2,15,17,19). The first-order valence-corrected chi connectivity index (χ1v) is 8.04. The van der Waals surface area contributed by atoms with Crippen LogP contribution in [0.15, 0.2) is 11.2 Å². The Labute approximate surface area is 130 Å². The lowest BCUT2D eigenvalue weighted by Gasteiger charge is -2.12. The lowest BCUT2D eigenvalue weighted by Crippen LogP contribution is -2.41. The molecule has 1 aromatic heterocycles. The zero-order chi connectivity index (χ0) is 15.7. The van der Waals surface area contributed by atoms with E-state index in [1.165, 1.54) is 4.88 Å². The number of carbonyl (C=O) groups is 1. The summed E-state index contributed by atoms with van der Waals surface area (Å²) in [6.45, 7) is 7.74. The van der Waals surface area contributed by atoms with Gasteiger partial charge in [0.2, 0.25) is 5.91 Å². The minimum Gasteiger partial charge on any atom is -0.355 e. The summed E-state index contributed by atoms with van der Waals surface area (Å²) in [7, 11) is 1.72. The molecule has 118 valence electrons. The quantitative estimate of drug-likeness (QED) is 0.401. The highest BCUT2D eigenvalue weighted by Crippen LogP contribution is 2.12. The van der Waals surface area contributed by atoms with Gasteiger partial charge in [0, 0.05) is 37.1 Å². The zero-order valence-corrected chi connectivity index (χ0v) is 14.0. The first-order chi connectivity index (χ1) is 10.1. The van der Waals surface area contributed by atoms with Crippen molar-refractivity contribution in [3.63, 3.8) is 0 Å². The second-order valence-corrected chi connectivity index (χ2v) is 6.07. The second kappa shape index (κ2) is 9.33. The first-order valence-electron chi connectivity index (χ1n) is 7.22. The molecule has 6 nitrogen and oxygen atoms in total. The van der Waals surface area contributed by atoms with Crippen molar-refractivity contribution in [3.05, 3.63) is 16.1 Å². The molecule has 0 unspecified atom stereocenters. The molecular weight excluding hydrogens is 286 g/mol. The molecule has 3 N–H and O–H groups in total. The summed E-state index contributed by atoms with van der Waals surface area (Å²) in [5.41, 5.74) is 0. The Hall–Kier alpha value is -1.63. The Morgan fingerprint density at radius 1 is 1.33 bits per heavy atom. The van der Waals surface area contributed by atoms with Crippen molar-refractivity contribution in [2.45, 2.75) is 33.7 Å². The van der Waals surface area contributed by atoms with Gasteiger partial charge in [0.15, 0.2) is 5.96 Å². The first kappa shape index (κ1) is 17.4. The maximum Gasteiger partial charge on any atom is 0.222 e. The number of aliphatic imine (C=N–C) groups is 1. The van der Waals surface area contributed by atoms with Crippen LogP contribution in [-0.4, -0.2) is 37.0 Å². The third-order valence-corrected chi connectivity index (χ3v) is 3.96. The molecule has 0 aliphatic carbocycles. The number of thiazole rings is 1. The summed E-state index contributed by atoms with van der Waals surface area (Å²) in [5.74, 6) is 0.789. The molecule has 0 saturated carbocycles. The molecule has 1 heterocycles. The summed E-state index contributed by atoms with van der Waals surface area (Å²) >= 11 is 1.71. The predicted molar refractivity (Wildman–Crippen MR) is 87.5 cm³/mol. The number of nitrogens with zero attached hydrogens (tertiary/aromatic N) is 2. The molecule has 0 aliphatic heterocycles. The molecule has 21 heavy (non-hydrogen) atoms. The predicted octanol–water partition coefficient (Wildman–Crippen LogP) is 1.14. The molecule has 0 fully saturated rings. The van der Waals surface area contributed by atoms with Gasteiger partial charge in [0.25, 0.3) is 0 Å². The third-order valence-electron chi connectivity index (χ3n) is 2.82. The molecule has 1 aromatic rings. The number of carbonyl (C=O) groups excluding carboxylic acids is 1. The monoisotopic (exact) mass is 311 g/mol. The van der Waals surface area contributed by atoms with E-state index in [0.717, 1.165) is 11.4 Å². The zero-order valence-electron chi connectivity index (χ0n) is 13.2. The van der Waals surface area contributed by atoms with E-state index in [1.54, 1.807) is 18.4 Å². The van der Waals surface area contributed by atoms with Crippen molar-refractivity contribution in [2.75, 3.05) is 20.1 Å². The molecule has 0 atom stereocenters. The Morgan fingerprint density at radius 3 is 2.62 bits per heavy atom. The fourth-order valence-corrected chi connectivity index (χ4v) is 2.35. The van der Waals surface area contributed by atoms with Gasteiger partial charge < -0.3 is 16.0 Å². The number of nitrogens with one attached hydrogen (secondary N) is 3. The molecule has 0 aromatic carbocycles. The number of amides is 1. The SMILES string of the molecule is CCc1cnc(CNC(=NC)NCCNC(=O)C(C)C)s1. The van der Waals surface area contributed by atoms with E-state index in [9.17, 15) is 4.79 Å². The van der Waals surface area contributed by atoms with Gasteiger partial charge in [-0.15, -0.1) is 11.3 Å². The summed E-state index contributed by atoms with van der Waals surface area (Å²) in [6.07, 6.45) is 2.93. The van der Waals surface area contributed by atoms with Crippen molar-refractivity contribution in [2.24, 2.45) is 10.9 Å². The van der Waals surface area contributed by atoms with Crippen LogP contribution in [0.5, 0.6) is 0 Å². The molecule has 1 amide bonds. The molecular formula is C14H25N5OS. The third kappa shape index (κ3) is 6.57. The van der Waals surface area contributed by atoms with E-state index in [1.807, 2.05) is 20.0 Å². The molecule has 0 saturated heterocycles. The molecule has 0 bridgehead atoms. The number of hydrogen-bond acceptors (Lipinski definition) is 4. The van der Waals surface area contributed by atoms with Crippen molar-refractivity contribution in [1.29, 1.82) is 0 Å². The largest absolute Gasteiger partial charge is 0.355 e. The highest BCUT2D eigenvalue weighted by Gasteiger charge is 2.05. The number of rotatable bonds is 7. The van der Waals surface area contributed by atoms with Gasteiger partial charge in [-0.25, -0.2) is 4.98 Å². The van der Waals surface area contributed by atoms with Gasteiger partial charge in [-0.1, -0.05) is 20.8 Å². The number of hydrogen-bond donors (Lipinski definition) is 3. The highest BCUT2D eigenvalue weighted by molar-refractivity contribution is 7.11. The van der Waals surface area contributed by atoms with Crippen LogP contribution in [0.25, 0.3) is 0 Å². The van der Waals surface area contributed by atoms with Crippen LogP contribution in [0.2, 0.25) is 0 Å². The van der Waals surface area contributed by atoms with E-state index in [0.29, 0.717) is 25.6 Å². The van der Waals surface area contributed by atoms with Crippen molar-refractivity contribution in [1.82, 2.24) is 20.9 Å². The Kier molecular flexibility index (Phi) is 7.74. The van der Waals surface area contributed by atoms with Gasteiger partial charge in [0.05, 0.1) is 6.54 Å². The van der Waals surface area contributed by atoms with E-state index in [-0.39, 0.29) is 11.8 Å². The molecule has 0 radical (unpaired) electrons. The maximum absolute atomic E-state index is 11.4. The minimum atomic E-state index is 0.0140. The summed E-state index contributed by atoms with van der Waals surface area (Å²) in [6, 6.07) is 0. The molecule has 1 rings (SSSR count). The average molecular weight is 311 g/mol. The van der Waals surface area contributed by atoms with Gasteiger partial charge in [0.1, 0.15) is 5.01 Å². The average Bonchev–Trinajstić information content (AvgIpc) is 2.94. The highest BCUT2D eigenvalue weighted by atomic mass is 32.1. The maximum atomic E-state index is 11.4. The van der Waals surface area contributed by atoms with Gasteiger partial charge in [-0.3, -0.25) is 9.79 Å². The van der Waals surface area contributed by atoms with E-state index >= 15 is 0 Å². The van der Waals surface area contributed by atoms with Crippen molar-refractivity contribution in [3.8, 4) is 0 Å². The Bertz CT molecular complexity index is 470. The number of aryl methyl sites for hydroxylation is 1. The van der Waals surface area contributed by atoms with Gasteiger partial charge in [-0.05, 0) is 6.42 Å². The molecule has 7 heteroatoms. The smallest absolute Gasteiger partial charge is 0.222 e. The number of guanidine groups is 1. The van der Waals surface area contributed by atoms with Crippen LogP contribution < -0.4 is 16.0 Å². The summed E-state index contributed by atoms with van der Waals surface area (Å²) in [5, 5.41) is 10.3. The lowest BCUT2D eigenvalue weighted by atomic mass is 10.2. The second-order valence-electron chi connectivity index (χ2n) is 4.87. The van der Waals surface area contributed by atoms with Crippen molar-refractivity contribution >= 4 is 23.2 Å². The topological polar surface area (TPSA) is 78.4 Å². The van der Waals surface area contributed by atoms with Crippen molar-refractivity contribution < 1.29 is 4.79 Å². The minimum absolute atomic E-state index is 0.0140. The summed E-state index contributed by atoms with van der Waals surface area (Å²) < 4.78 is 0. The van der Waals surface area contributed by atoms with E-state index in [4.69, 9.17) is 0 Å². The van der Waals surface area contributed by atoms with Crippen LogP contribution in [0.3, 0.4) is 0 Å². The van der Waals surface area contributed by atoms with E-state index in [2.05, 4.69) is 32.9 Å². The van der Waals surface area contributed by atoms with Crippen LogP contribution in [-0.2, 0) is 17.8 Å². The fourth-order valence-electron chi connectivity index (χ4n) is 1.54. The van der Waals surface area contributed by atoms with Gasteiger partial charge >= 0.3 is 0 Å². The van der Waals surface area contributed by atoms with Crippen LogP contribution in [0.4, 0.5) is 0 Å². The van der Waals surface area contributed by atoms with Crippen LogP contribution in [0, 0.1) is 5.92 Å². The van der Waals surface area contributed by atoms with Crippen LogP contribution in [0.1, 0.15) is 30.7 Å². The van der Waals surface area contributed by atoms with Crippen LogP contribution >= 0.6 is 11.3 Å². The summed E-state index contributed by atoms with van der Waals surface area (Å²) in [4.78, 5) is 21.2. The molecule has 0 aliphatic rings.